The van der Waals surface area contributed by atoms with E-state index >= 15 is 0 Å². The van der Waals surface area contributed by atoms with Crippen LogP contribution in [-0.4, -0.2) is 57.9 Å². The Balaban J connectivity index is 1.78. The second kappa shape index (κ2) is 11.2. The molecule has 0 spiro atoms. The minimum Gasteiger partial charge on any atom is -0.497 e. The van der Waals surface area contributed by atoms with Crippen molar-refractivity contribution in [3.63, 3.8) is 0 Å². The standard InChI is InChI=1S/C27H30N4O6/c1-4-37-26(34)20-8-6-14-29(17-20)24(32)23-25(33)30(16-19-7-5-9-22(15-19)36-3)27(35)31(28-23)21-12-10-18(2)11-13-21/h5,7,9-13,15,20H,4,6,8,14,16-17H2,1-3H3. The van der Waals surface area contributed by atoms with Gasteiger partial charge < -0.3 is 14.4 Å². The maximum absolute atomic E-state index is 13.6. The lowest BCUT2D eigenvalue weighted by Crippen LogP contribution is -2.49. The van der Waals surface area contributed by atoms with Gasteiger partial charge in [-0.3, -0.25) is 19.0 Å². The van der Waals surface area contributed by atoms with Crippen molar-refractivity contribution in [2.75, 3.05) is 26.8 Å². The molecule has 1 aliphatic rings. The highest BCUT2D eigenvalue weighted by molar-refractivity contribution is 5.92. The molecule has 4 rings (SSSR count). The number of carbonyl (C=O) groups is 2. The molecule has 1 amide bonds. The molecule has 0 radical (unpaired) electrons. The third-order valence-electron chi connectivity index (χ3n) is 6.34. The predicted octanol–water partition coefficient (Wildman–Crippen LogP) is 2.17. The van der Waals surface area contributed by atoms with Crippen LogP contribution in [0.3, 0.4) is 0 Å². The SMILES string of the molecule is CCOC(=O)C1CCCN(C(=O)c2nn(-c3ccc(C)cc3)c(=O)n(Cc3cccc(OC)c3)c2=O)C1. The van der Waals surface area contributed by atoms with Crippen LogP contribution in [0.1, 0.15) is 41.4 Å². The van der Waals surface area contributed by atoms with E-state index < -0.39 is 23.1 Å². The number of amides is 1. The largest absolute Gasteiger partial charge is 0.497 e. The number of aromatic nitrogens is 3. The molecular formula is C27H30N4O6. The normalized spacial score (nSPS) is 15.3. The van der Waals surface area contributed by atoms with Gasteiger partial charge >= 0.3 is 11.7 Å². The van der Waals surface area contributed by atoms with Crippen LogP contribution in [0.4, 0.5) is 0 Å². The zero-order valence-electron chi connectivity index (χ0n) is 21.2. The number of hydrogen-bond donors (Lipinski definition) is 0. The molecule has 2 aromatic carbocycles. The topological polar surface area (TPSA) is 113 Å². The van der Waals surface area contributed by atoms with Crippen LogP contribution >= 0.6 is 0 Å². The van der Waals surface area contributed by atoms with Crippen molar-refractivity contribution >= 4 is 11.9 Å². The highest BCUT2D eigenvalue weighted by Crippen LogP contribution is 2.19. The van der Waals surface area contributed by atoms with Crippen molar-refractivity contribution < 1.29 is 19.1 Å². The number of methoxy groups -OCH3 is 1. The molecule has 10 heteroatoms. The van der Waals surface area contributed by atoms with Gasteiger partial charge in [0.15, 0.2) is 0 Å². The smallest absolute Gasteiger partial charge is 0.352 e. The van der Waals surface area contributed by atoms with Gasteiger partial charge in [-0.1, -0.05) is 29.8 Å². The van der Waals surface area contributed by atoms with Gasteiger partial charge in [-0.05, 0) is 56.5 Å². The van der Waals surface area contributed by atoms with E-state index in [1.807, 2.05) is 19.1 Å². The molecule has 0 aliphatic carbocycles. The minimum absolute atomic E-state index is 0.0744. The fourth-order valence-electron chi connectivity index (χ4n) is 4.36. The Kier molecular flexibility index (Phi) is 7.86. The average Bonchev–Trinajstić information content (AvgIpc) is 2.92. The Bertz CT molecular complexity index is 1410. The molecule has 3 aromatic rings. The molecule has 0 bridgehead atoms. The van der Waals surface area contributed by atoms with E-state index in [0.29, 0.717) is 36.4 Å². The highest BCUT2D eigenvalue weighted by Gasteiger charge is 2.32. The van der Waals surface area contributed by atoms with Gasteiger partial charge in [0.05, 0.1) is 31.9 Å². The molecule has 2 heterocycles. The van der Waals surface area contributed by atoms with Gasteiger partial charge in [0.25, 0.3) is 11.5 Å². The van der Waals surface area contributed by atoms with Crippen molar-refractivity contribution in [3.05, 3.63) is 86.2 Å². The van der Waals surface area contributed by atoms with E-state index in [1.54, 1.807) is 43.3 Å². The molecule has 1 fully saturated rings. The average molecular weight is 507 g/mol. The van der Waals surface area contributed by atoms with Crippen LogP contribution in [0.5, 0.6) is 5.75 Å². The van der Waals surface area contributed by atoms with Crippen molar-refractivity contribution in [1.29, 1.82) is 0 Å². The van der Waals surface area contributed by atoms with Crippen molar-refractivity contribution in [2.45, 2.75) is 33.2 Å². The zero-order chi connectivity index (χ0) is 26.5. The fraction of sp³-hybridized carbons (Fsp3) is 0.370. The van der Waals surface area contributed by atoms with Crippen LogP contribution in [0.2, 0.25) is 0 Å². The number of piperidine rings is 1. The Labute approximate surface area is 214 Å². The molecule has 194 valence electrons. The molecular weight excluding hydrogens is 476 g/mol. The number of nitrogens with zero attached hydrogens (tertiary/aromatic N) is 4. The first-order valence-electron chi connectivity index (χ1n) is 12.2. The van der Waals surface area contributed by atoms with Gasteiger partial charge in [-0.25, -0.2) is 4.79 Å². The van der Waals surface area contributed by atoms with Gasteiger partial charge in [-0.2, -0.15) is 9.78 Å². The van der Waals surface area contributed by atoms with Crippen LogP contribution in [0.25, 0.3) is 5.69 Å². The summed E-state index contributed by atoms with van der Waals surface area (Å²) in [6.07, 6.45) is 1.18. The van der Waals surface area contributed by atoms with Crippen LogP contribution in [-0.2, 0) is 16.1 Å². The number of ether oxygens (including phenoxy) is 2. The summed E-state index contributed by atoms with van der Waals surface area (Å²) in [6, 6.07) is 14.0. The van der Waals surface area contributed by atoms with Crippen molar-refractivity contribution in [3.8, 4) is 11.4 Å². The summed E-state index contributed by atoms with van der Waals surface area (Å²) in [5, 5.41) is 4.23. The monoisotopic (exact) mass is 506 g/mol. The summed E-state index contributed by atoms with van der Waals surface area (Å²) in [4.78, 5) is 54.2. The molecule has 1 aliphatic heterocycles. The number of hydrogen-bond acceptors (Lipinski definition) is 7. The molecule has 0 saturated carbocycles. The predicted molar refractivity (Wildman–Crippen MR) is 136 cm³/mol. The summed E-state index contributed by atoms with van der Waals surface area (Å²) in [6.45, 7) is 4.31. The maximum atomic E-state index is 13.6. The first-order valence-corrected chi connectivity index (χ1v) is 12.2. The van der Waals surface area contributed by atoms with Crippen molar-refractivity contribution in [2.24, 2.45) is 5.92 Å². The number of rotatable bonds is 7. The van der Waals surface area contributed by atoms with E-state index in [9.17, 15) is 19.2 Å². The molecule has 37 heavy (non-hydrogen) atoms. The summed E-state index contributed by atoms with van der Waals surface area (Å²) in [5.41, 5.74) is 0.213. The maximum Gasteiger partial charge on any atom is 0.352 e. The van der Waals surface area contributed by atoms with Gasteiger partial charge in [0.2, 0.25) is 5.69 Å². The van der Waals surface area contributed by atoms with E-state index in [4.69, 9.17) is 9.47 Å². The van der Waals surface area contributed by atoms with E-state index in [1.165, 1.54) is 12.0 Å². The summed E-state index contributed by atoms with van der Waals surface area (Å²) < 4.78 is 12.5. The first-order chi connectivity index (χ1) is 17.8. The van der Waals surface area contributed by atoms with Crippen LogP contribution in [0.15, 0.2) is 58.1 Å². The van der Waals surface area contributed by atoms with E-state index in [0.717, 1.165) is 14.8 Å². The second-order valence-corrected chi connectivity index (χ2v) is 8.96. The van der Waals surface area contributed by atoms with Gasteiger partial charge in [0, 0.05) is 13.1 Å². The number of aryl methyl sites for hydroxylation is 1. The molecule has 1 saturated heterocycles. The van der Waals surface area contributed by atoms with Crippen LogP contribution in [0, 0.1) is 12.8 Å². The second-order valence-electron chi connectivity index (χ2n) is 8.96. The highest BCUT2D eigenvalue weighted by atomic mass is 16.5. The summed E-state index contributed by atoms with van der Waals surface area (Å²) in [7, 11) is 1.53. The molecule has 10 nitrogen and oxygen atoms in total. The Morgan fingerprint density at radius 3 is 2.57 bits per heavy atom. The third kappa shape index (κ3) is 5.63. The lowest BCUT2D eigenvalue weighted by molar-refractivity contribution is -0.149. The molecule has 1 atom stereocenters. The van der Waals surface area contributed by atoms with Gasteiger partial charge in [0.1, 0.15) is 5.75 Å². The molecule has 1 aromatic heterocycles. The van der Waals surface area contributed by atoms with Crippen LogP contribution < -0.4 is 16.0 Å². The quantitative estimate of drug-likeness (QED) is 0.452. The summed E-state index contributed by atoms with van der Waals surface area (Å²) in [5.74, 6) is -0.889. The number of carbonyl (C=O) groups excluding carboxylic acids is 2. The third-order valence-corrected chi connectivity index (χ3v) is 6.34. The lowest BCUT2D eigenvalue weighted by atomic mass is 9.98. The van der Waals surface area contributed by atoms with E-state index in [-0.39, 0.29) is 31.4 Å². The Hall–Kier alpha value is -4.21. The van der Waals surface area contributed by atoms with E-state index in [2.05, 4.69) is 5.10 Å². The molecule has 1 unspecified atom stereocenters. The fourth-order valence-corrected chi connectivity index (χ4v) is 4.36. The molecule has 0 N–H and O–H groups in total. The minimum atomic E-state index is -0.792. The lowest BCUT2D eigenvalue weighted by Gasteiger charge is -2.31. The zero-order valence-corrected chi connectivity index (χ0v) is 21.2. The summed E-state index contributed by atoms with van der Waals surface area (Å²) >= 11 is 0. The van der Waals surface area contributed by atoms with Gasteiger partial charge in [-0.15, -0.1) is 0 Å². The first kappa shape index (κ1) is 25.9. The Morgan fingerprint density at radius 1 is 1.11 bits per heavy atom. The number of likely N-dealkylation sites (tertiary alicyclic amines) is 1. The van der Waals surface area contributed by atoms with Crippen molar-refractivity contribution in [1.82, 2.24) is 19.2 Å². The number of esters is 1. The number of benzene rings is 2. The Morgan fingerprint density at radius 2 is 1.86 bits per heavy atom.